The minimum absolute atomic E-state index is 0.175. The van der Waals surface area contributed by atoms with Crippen molar-refractivity contribution in [1.82, 2.24) is 4.98 Å². The maximum absolute atomic E-state index is 11.9. The fraction of sp³-hybridized carbons (Fsp3) is 0. The Hall–Kier alpha value is -3.08. The molecule has 3 aromatic rings. The highest BCUT2D eigenvalue weighted by atomic mass is 16.5. The molecule has 1 aromatic heterocycles. The van der Waals surface area contributed by atoms with E-state index < -0.39 is 5.97 Å². The van der Waals surface area contributed by atoms with Crippen molar-refractivity contribution in [2.24, 2.45) is 0 Å². The number of ether oxygens (including phenoxy) is 1. The summed E-state index contributed by atoms with van der Waals surface area (Å²) in [6, 6.07) is 14.9. The van der Waals surface area contributed by atoms with Gasteiger partial charge in [-0.25, -0.2) is 4.79 Å². The molecular weight excluding hydrogens is 270 g/mol. The predicted octanol–water partition coefficient (Wildman–Crippen LogP) is 3.02. The molecule has 0 bridgehead atoms. The summed E-state index contributed by atoms with van der Waals surface area (Å²) < 4.78 is 5.55. The maximum atomic E-state index is 11.9. The Labute approximate surface area is 119 Å². The monoisotopic (exact) mass is 281 g/mol. The summed E-state index contributed by atoms with van der Waals surface area (Å²) in [7, 11) is 0. The molecule has 21 heavy (non-hydrogen) atoms. The van der Waals surface area contributed by atoms with Crippen LogP contribution in [-0.4, -0.2) is 16.1 Å². The molecule has 1 heterocycles. The molecule has 2 N–H and O–H groups in total. The molecule has 0 radical (unpaired) electrons. The predicted molar refractivity (Wildman–Crippen MR) is 78.0 cm³/mol. The van der Waals surface area contributed by atoms with Crippen molar-refractivity contribution in [2.45, 2.75) is 0 Å². The number of fused-ring (bicyclic) bond motifs is 1. The number of rotatable bonds is 3. The number of carboxylic acids is 1. The van der Waals surface area contributed by atoms with Crippen LogP contribution in [-0.2, 0) is 0 Å². The summed E-state index contributed by atoms with van der Waals surface area (Å²) >= 11 is 0. The molecule has 0 aliphatic heterocycles. The van der Waals surface area contributed by atoms with E-state index in [2.05, 4.69) is 4.98 Å². The normalized spacial score (nSPS) is 10.5. The summed E-state index contributed by atoms with van der Waals surface area (Å²) in [4.78, 5) is 25.3. The van der Waals surface area contributed by atoms with Crippen LogP contribution < -0.4 is 10.3 Å². The molecule has 0 saturated heterocycles. The van der Waals surface area contributed by atoms with Crippen LogP contribution in [0.25, 0.3) is 10.8 Å². The molecule has 5 heteroatoms. The third kappa shape index (κ3) is 2.62. The average molecular weight is 281 g/mol. The number of carboxylic acid groups (broad SMARTS) is 1. The van der Waals surface area contributed by atoms with Gasteiger partial charge in [-0.2, -0.15) is 0 Å². The molecular formula is C16H11NO4. The highest BCUT2D eigenvalue weighted by Crippen LogP contribution is 2.21. The average Bonchev–Trinajstić information content (AvgIpc) is 2.48. The Kier molecular flexibility index (Phi) is 3.16. The van der Waals surface area contributed by atoms with E-state index >= 15 is 0 Å². The van der Waals surface area contributed by atoms with E-state index in [4.69, 9.17) is 9.84 Å². The van der Waals surface area contributed by atoms with Gasteiger partial charge >= 0.3 is 5.97 Å². The van der Waals surface area contributed by atoms with Crippen molar-refractivity contribution in [3.8, 4) is 11.6 Å². The number of nitrogens with one attached hydrogen (secondary N) is 1. The maximum Gasteiger partial charge on any atom is 0.335 e. The number of hydrogen-bond acceptors (Lipinski definition) is 3. The molecule has 104 valence electrons. The van der Waals surface area contributed by atoms with Gasteiger partial charge in [0.05, 0.1) is 5.56 Å². The van der Waals surface area contributed by atoms with Crippen LogP contribution >= 0.6 is 0 Å². The lowest BCUT2D eigenvalue weighted by atomic mass is 10.2. The number of H-pyrrole nitrogens is 1. The zero-order chi connectivity index (χ0) is 14.8. The molecule has 0 saturated carbocycles. The fourth-order valence-corrected chi connectivity index (χ4v) is 2.03. The third-order valence-corrected chi connectivity index (χ3v) is 3.06. The Balaban J connectivity index is 1.94. The number of aromatic amines is 1. The first-order chi connectivity index (χ1) is 10.1. The highest BCUT2D eigenvalue weighted by Gasteiger charge is 2.05. The van der Waals surface area contributed by atoms with Gasteiger partial charge in [-0.05, 0) is 35.7 Å². The van der Waals surface area contributed by atoms with Crippen molar-refractivity contribution < 1.29 is 14.6 Å². The minimum Gasteiger partial charge on any atom is -0.478 e. The lowest BCUT2D eigenvalue weighted by Crippen LogP contribution is -2.06. The Morgan fingerprint density at radius 1 is 1.05 bits per heavy atom. The lowest BCUT2D eigenvalue weighted by molar-refractivity contribution is 0.0697. The van der Waals surface area contributed by atoms with Gasteiger partial charge in [0.15, 0.2) is 0 Å². The SMILES string of the molecule is O=C(O)c1ccc(Oc2cc3ccccc3c(=O)[nH]2)cc1. The van der Waals surface area contributed by atoms with E-state index in [1.54, 1.807) is 18.2 Å². The van der Waals surface area contributed by atoms with Crippen LogP contribution in [0.5, 0.6) is 11.6 Å². The number of aromatic nitrogens is 1. The van der Waals surface area contributed by atoms with Gasteiger partial charge in [0.2, 0.25) is 5.88 Å². The summed E-state index contributed by atoms with van der Waals surface area (Å²) in [5, 5.41) is 10.2. The van der Waals surface area contributed by atoms with Gasteiger partial charge in [-0.1, -0.05) is 18.2 Å². The first kappa shape index (κ1) is 12.9. The third-order valence-electron chi connectivity index (χ3n) is 3.06. The van der Waals surface area contributed by atoms with Crippen LogP contribution in [0, 0.1) is 0 Å². The molecule has 5 nitrogen and oxygen atoms in total. The standard InChI is InChI=1S/C16H11NO4/c18-15-13-4-2-1-3-11(13)9-14(17-15)21-12-7-5-10(6-8-12)16(19)20/h1-9H,(H,17,18)(H,19,20). The lowest BCUT2D eigenvalue weighted by Gasteiger charge is -2.06. The fourth-order valence-electron chi connectivity index (χ4n) is 2.03. The van der Waals surface area contributed by atoms with E-state index in [1.807, 2.05) is 12.1 Å². The van der Waals surface area contributed by atoms with Crippen molar-refractivity contribution in [3.63, 3.8) is 0 Å². The summed E-state index contributed by atoms with van der Waals surface area (Å²) in [5.41, 5.74) is -0.0559. The largest absolute Gasteiger partial charge is 0.478 e. The smallest absolute Gasteiger partial charge is 0.335 e. The Morgan fingerprint density at radius 2 is 1.76 bits per heavy atom. The van der Waals surface area contributed by atoms with Crippen LogP contribution in [0.2, 0.25) is 0 Å². The molecule has 3 rings (SSSR count). The van der Waals surface area contributed by atoms with Crippen LogP contribution in [0.1, 0.15) is 10.4 Å². The minimum atomic E-state index is -0.999. The van der Waals surface area contributed by atoms with Gasteiger partial charge in [0.25, 0.3) is 5.56 Å². The number of pyridine rings is 1. The van der Waals surface area contributed by atoms with E-state index in [-0.39, 0.29) is 11.1 Å². The zero-order valence-corrected chi connectivity index (χ0v) is 10.9. The van der Waals surface area contributed by atoms with Crippen molar-refractivity contribution in [3.05, 3.63) is 70.5 Å². The van der Waals surface area contributed by atoms with E-state index in [0.29, 0.717) is 17.0 Å². The van der Waals surface area contributed by atoms with Crippen LogP contribution in [0.15, 0.2) is 59.4 Å². The number of benzene rings is 2. The van der Waals surface area contributed by atoms with Crippen LogP contribution in [0.3, 0.4) is 0 Å². The van der Waals surface area contributed by atoms with Crippen LogP contribution in [0.4, 0.5) is 0 Å². The quantitative estimate of drug-likeness (QED) is 0.773. The Morgan fingerprint density at radius 3 is 2.48 bits per heavy atom. The molecule has 0 spiro atoms. The van der Waals surface area contributed by atoms with Gasteiger partial charge in [0.1, 0.15) is 5.75 Å². The molecule has 0 atom stereocenters. The summed E-state index contributed by atoms with van der Waals surface area (Å²) in [5.74, 6) is -0.242. The van der Waals surface area contributed by atoms with E-state index in [9.17, 15) is 9.59 Å². The second-order valence-corrected chi connectivity index (χ2v) is 4.48. The summed E-state index contributed by atoms with van der Waals surface area (Å²) in [6.07, 6.45) is 0. The number of aromatic carboxylic acids is 1. The zero-order valence-electron chi connectivity index (χ0n) is 10.9. The number of hydrogen-bond donors (Lipinski definition) is 2. The van der Waals surface area contributed by atoms with Gasteiger partial charge < -0.3 is 9.84 Å². The van der Waals surface area contributed by atoms with Gasteiger partial charge in [-0.15, -0.1) is 0 Å². The molecule has 0 aliphatic carbocycles. The first-order valence-electron chi connectivity index (χ1n) is 6.27. The van der Waals surface area contributed by atoms with E-state index in [0.717, 1.165) is 5.39 Å². The molecule has 0 amide bonds. The number of carbonyl (C=O) groups is 1. The van der Waals surface area contributed by atoms with Crippen molar-refractivity contribution in [2.75, 3.05) is 0 Å². The van der Waals surface area contributed by atoms with Crippen molar-refractivity contribution >= 4 is 16.7 Å². The molecule has 0 fully saturated rings. The van der Waals surface area contributed by atoms with Gasteiger partial charge in [-0.3, -0.25) is 9.78 Å². The first-order valence-corrected chi connectivity index (χ1v) is 6.27. The van der Waals surface area contributed by atoms with Crippen molar-refractivity contribution in [1.29, 1.82) is 0 Å². The second-order valence-electron chi connectivity index (χ2n) is 4.48. The summed E-state index contributed by atoms with van der Waals surface area (Å²) in [6.45, 7) is 0. The molecule has 0 aliphatic rings. The topological polar surface area (TPSA) is 79.4 Å². The van der Waals surface area contributed by atoms with Gasteiger partial charge in [0, 0.05) is 11.5 Å². The van der Waals surface area contributed by atoms with E-state index in [1.165, 1.54) is 24.3 Å². The molecule has 0 unspecified atom stereocenters. The molecule has 2 aromatic carbocycles. The highest BCUT2D eigenvalue weighted by molar-refractivity contribution is 5.87. The Bertz CT molecular complexity index is 865. The second kappa shape index (κ2) is 5.13.